The van der Waals surface area contributed by atoms with E-state index in [1.54, 1.807) is 18.6 Å². The highest BCUT2D eigenvalue weighted by molar-refractivity contribution is 14.1. The standard InChI is InChI=1S/C14H15ClIN3/c1-2-5-19-14(13-9-17-6-7-18-13)10-3-4-12(16)11(15)8-10/h3-4,6-9,14,19H,2,5H2,1H3. The normalized spacial score (nSPS) is 12.4. The first-order valence-electron chi connectivity index (χ1n) is 6.16. The molecule has 5 heteroatoms. The predicted molar refractivity (Wildman–Crippen MR) is 86.3 cm³/mol. The molecule has 0 spiro atoms. The molecule has 1 unspecified atom stereocenters. The second kappa shape index (κ2) is 7.17. The second-order valence-electron chi connectivity index (χ2n) is 4.19. The van der Waals surface area contributed by atoms with Gasteiger partial charge < -0.3 is 5.32 Å². The van der Waals surface area contributed by atoms with Crippen molar-refractivity contribution in [1.82, 2.24) is 15.3 Å². The van der Waals surface area contributed by atoms with Crippen molar-refractivity contribution < 1.29 is 0 Å². The van der Waals surface area contributed by atoms with Gasteiger partial charge in [0.1, 0.15) is 0 Å². The van der Waals surface area contributed by atoms with E-state index in [9.17, 15) is 0 Å². The summed E-state index contributed by atoms with van der Waals surface area (Å²) in [5.74, 6) is 0. The molecule has 1 aromatic carbocycles. The van der Waals surface area contributed by atoms with E-state index in [0.717, 1.165) is 32.8 Å². The Morgan fingerprint density at radius 3 is 2.84 bits per heavy atom. The Hall–Kier alpha value is -0.720. The van der Waals surface area contributed by atoms with Crippen LogP contribution in [0.25, 0.3) is 0 Å². The Kier molecular flexibility index (Phi) is 5.54. The summed E-state index contributed by atoms with van der Waals surface area (Å²) in [6, 6.07) is 6.12. The topological polar surface area (TPSA) is 37.8 Å². The van der Waals surface area contributed by atoms with E-state index < -0.39 is 0 Å². The molecule has 0 saturated carbocycles. The van der Waals surface area contributed by atoms with Crippen LogP contribution in [0.3, 0.4) is 0 Å². The molecule has 0 aliphatic rings. The minimum absolute atomic E-state index is 0.0307. The van der Waals surface area contributed by atoms with Gasteiger partial charge in [0.05, 0.1) is 23.0 Å². The summed E-state index contributed by atoms with van der Waals surface area (Å²) in [7, 11) is 0. The SMILES string of the molecule is CCCNC(c1ccc(I)c(Cl)c1)c1cnccn1. The van der Waals surface area contributed by atoms with Gasteiger partial charge in [0.15, 0.2) is 0 Å². The van der Waals surface area contributed by atoms with Crippen molar-refractivity contribution in [3.63, 3.8) is 0 Å². The van der Waals surface area contributed by atoms with Gasteiger partial charge in [-0.05, 0) is 53.3 Å². The first-order chi connectivity index (χ1) is 9.22. The summed E-state index contributed by atoms with van der Waals surface area (Å²) in [6.07, 6.45) is 6.25. The smallest absolute Gasteiger partial charge is 0.0801 e. The van der Waals surface area contributed by atoms with Crippen LogP contribution in [0, 0.1) is 3.57 Å². The van der Waals surface area contributed by atoms with Crippen LogP contribution in [0.5, 0.6) is 0 Å². The molecule has 0 aliphatic carbocycles. The maximum atomic E-state index is 6.21. The van der Waals surface area contributed by atoms with Crippen LogP contribution in [0.2, 0.25) is 5.02 Å². The number of halogens is 2. The molecule has 0 amide bonds. The average Bonchev–Trinajstić information content (AvgIpc) is 2.44. The van der Waals surface area contributed by atoms with Crippen LogP contribution >= 0.6 is 34.2 Å². The van der Waals surface area contributed by atoms with Crippen molar-refractivity contribution in [3.8, 4) is 0 Å². The molecule has 1 heterocycles. The third-order valence-corrected chi connectivity index (χ3v) is 4.33. The first-order valence-corrected chi connectivity index (χ1v) is 7.62. The minimum Gasteiger partial charge on any atom is -0.305 e. The van der Waals surface area contributed by atoms with Crippen molar-refractivity contribution >= 4 is 34.2 Å². The largest absolute Gasteiger partial charge is 0.305 e. The Morgan fingerprint density at radius 1 is 1.37 bits per heavy atom. The lowest BCUT2D eigenvalue weighted by atomic mass is 10.0. The zero-order chi connectivity index (χ0) is 13.7. The zero-order valence-electron chi connectivity index (χ0n) is 10.6. The number of nitrogens with zero attached hydrogens (tertiary/aromatic N) is 2. The van der Waals surface area contributed by atoms with Crippen molar-refractivity contribution in [2.45, 2.75) is 19.4 Å². The van der Waals surface area contributed by atoms with Gasteiger partial charge in [-0.25, -0.2) is 0 Å². The highest BCUT2D eigenvalue weighted by atomic mass is 127. The Bertz CT molecular complexity index is 533. The molecule has 1 atom stereocenters. The van der Waals surface area contributed by atoms with Gasteiger partial charge >= 0.3 is 0 Å². The molecule has 1 N–H and O–H groups in total. The van der Waals surface area contributed by atoms with E-state index in [1.807, 2.05) is 12.1 Å². The summed E-state index contributed by atoms with van der Waals surface area (Å²) in [5, 5.41) is 4.25. The Labute approximate surface area is 132 Å². The fourth-order valence-electron chi connectivity index (χ4n) is 1.83. The van der Waals surface area contributed by atoms with E-state index in [2.05, 4.69) is 50.9 Å². The third kappa shape index (κ3) is 3.87. The summed E-state index contributed by atoms with van der Waals surface area (Å²) < 4.78 is 1.05. The van der Waals surface area contributed by atoms with Crippen LogP contribution < -0.4 is 5.32 Å². The van der Waals surface area contributed by atoms with E-state index in [1.165, 1.54) is 0 Å². The van der Waals surface area contributed by atoms with Crippen LogP contribution in [-0.4, -0.2) is 16.5 Å². The van der Waals surface area contributed by atoms with Gasteiger partial charge in [0, 0.05) is 16.0 Å². The molecular weight excluding hydrogens is 373 g/mol. The number of hydrogen-bond acceptors (Lipinski definition) is 3. The van der Waals surface area contributed by atoms with Gasteiger partial charge in [-0.3, -0.25) is 9.97 Å². The van der Waals surface area contributed by atoms with Crippen LogP contribution in [-0.2, 0) is 0 Å². The first kappa shape index (κ1) is 14.7. The predicted octanol–water partition coefficient (Wildman–Crippen LogP) is 3.82. The quantitative estimate of drug-likeness (QED) is 0.793. The lowest BCUT2D eigenvalue weighted by Gasteiger charge is -2.18. The van der Waals surface area contributed by atoms with Gasteiger partial charge in [-0.1, -0.05) is 24.6 Å². The summed E-state index contributed by atoms with van der Waals surface area (Å²) >= 11 is 8.44. The van der Waals surface area contributed by atoms with E-state index in [0.29, 0.717) is 0 Å². The van der Waals surface area contributed by atoms with Crippen molar-refractivity contribution in [2.75, 3.05) is 6.54 Å². The average molecular weight is 388 g/mol. The van der Waals surface area contributed by atoms with Gasteiger partial charge in [-0.2, -0.15) is 0 Å². The summed E-state index contributed by atoms with van der Waals surface area (Å²) in [5.41, 5.74) is 2.02. The maximum Gasteiger partial charge on any atom is 0.0801 e. The number of benzene rings is 1. The maximum absolute atomic E-state index is 6.21. The van der Waals surface area contributed by atoms with Crippen molar-refractivity contribution in [3.05, 3.63) is 56.6 Å². The number of rotatable bonds is 5. The molecule has 1 aromatic heterocycles. The van der Waals surface area contributed by atoms with E-state index >= 15 is 0 Å². The van der Waals surface area contributed by atoms with Crippen LogP contribution in [0.1, 0.15) is 30.6 Å². The van der Waals surface area contributed by atoms with Gasteiger partial charge in [0.25, 0.3) is 0 Å². The van der Waals surface area contributed by atoms with E-state index in [4.69, 9.17) is 11.6 Å². The minimum atomic E-state index is 0.0307. The third-order valence-electron chi connectivity index (χ3n) is 2.75. The highest BCUT2D eigenvalue weighted by Gasteiger charge is 2.15. The van der Waals surface area contributed by atoms with Crippen molar-refractivity contribution in [2.24, 2.45) is 0 Å². The van der Waals surface area contributed by atoms with E-state index in [-0.39, 0.29) is 6.04 Å². The Morgan fingerprint density at radius 2 is 2.21 bits per heavy atom. The number of nitrogens with one attached hydrogen (secondary N) is 1. The Balaban J connectivity index is 2.34. The summed E-state index contributed by atoms with van der Waals surface area (Å²) in [6.45, 7) is 3.06. The molecule has 0 bridgehead atoms. The molecule has 0 radical (unpaired) electrons. The molecule has 0 aliphatic heterocycles. The van der Waals surface area contributed by atoms with Crippen molar-refractivity contribution in [1.29, 1.82) is 0 Å². The molecular formula is C14H15ClIN3. The number of hydrogen-bond donors (Lipinski definition) is 1. The van der Waals surface area contributed by atoms with Crippen LogP contribution in [0.15, 0.2) is 36.8 Å². The molecule has 0 fully saturated rings. The molecule has 0 saturated heterocycles. The highest BCUT2D eigenvalue weighted by Crippen LogP contribution is 2.26. The molecule has 100 valence electrons. The summed E-state index contributed by atoms with van der Waals surface area (Å²) in [4.78, 5) is 8.53. The lowest BCUT2D eigenvalue weighted by Crippen LogP contribution is -2.24. The zero-order valence-corrected chi connectivity index (χ0v) is 13.5. The molecule has 2 rings (SSSR count). The fourth-order valence-corrected chi connectivity index (χ4v) is 2.36. The fraction of sp³-hybridized carbons (Fsp3) is 0.286. The molecule has 19 heavy (non-hydrogen) atoms. The monoisotopic (exact) mass is 387 g/mol. The molecule has 2 aromatic rings. The van der Waals surface area contributed by atoms with Gasteiger partial charge in [0.2, 0.25) is 0 Å². The molecule has 3 nitrogen and oxygen atoms in total. The number of aromatic nitrogens is 2. The lowest BCUT2D eigenvalue weighted by molar-refractivity contribution is 0.584. The van der Waals surface area contributed by atoms with Crippen LogP contribution in [0.4, 0.5) is 0 Å². The second-order valence-corrected chi connectivity index (χ2v) is 5.76. The van der Waals surface area contributed by atoms with Gasteiger partial charge in [-0.15, -0.1) is 0 Å².